The molecular weight excluding hydrogens is 300 g/mol. The third kappa shape index (κ3) is 3.96. The van der Waals surface area contributed by atoms with E-state index in [9.17, 15) is 9.59 Å². The minimum Gasteiger partial charge on any atom is -0.298 e. The van der Waals surface area contributed by atoms with Gasteiger partial charge in [-0.15, -0.1) is 0 Å². The maximum Gasteiger partial charge on any atom is 0.182 e. The van der Waals surface area contributed by atoms with E-state index in [0.29, 0.717) is 11.1 Å². The molecule has 0 saturated carbocycles. The standard InChI is InChI=1S/C20H24N2O2/c1-21(2)17(19(23)15-11-7-5-8-12-15)18(22(3)4)20(24)16-13-9-6-10-14-16/h5-14,17-18H,1-4H3/t17-,18+. The average Bonchev–Trinajstić information content (AvgIpc) is 2.59. The van der Waals surface area contributed by atoms with Gasteiger partial charge in [0, 0.05) is 11.1 Å². The van der Waals surface area contributed by atoms with Crippen molar-refractivity contribution in [2.75, 3.05) is 28.2 Å². The number of Topliss-reactive ketones (excluding diaryl/α,β-unsaturated/α-hetero) is 2. The van der Waals surface area contributed by atoms with Gasteiger partial charge in [0.05, 0.1) is 12.1 Å². The Morgan fingerprint density at radius 1 is 0.625 bits per heavy atom. The van der Waals surface area contributed by atoms with E-state index < -0.39 is 12.1 Å². The van der Waals surface area contributed by atoms with Gasteiger partial charge in [-0.2, -0.15) is 0 Å². The second-order valence-corrected chi connectivity index (χ2v) is 6.28. The van der Waals surface area contributed by atoms with Crippen LogP contribution in [0.25, 0.3) is 0 Å². The molecule has 0 spiro atoms. The summed E-state index contributed by atoms with van der Waals surface area (Å²) in [5.74, 6) is -0.104. The number of ketones is 2. The van der Waals surface area contributed by atoms with Crippen molar-refractivity contribution in [2.24, 2.45) is 0 Å². The number of rotatable bonds is 7. The van der Waals surface area contributed by atoms with Crippen molar-refractivity contribution in [2.45, 2.75) is 12.1 Å². The van der Waals surface area contributed by atoms with E-state index in [0.717, 1.165) is 0 Å². The van der Waals surface area contributed by atoms with Crippen LogP contribution in [0.1, 0.15) is 20.7 Å². The average molecular weight is 324 g/mol. The van der Waals surface area contributed by atoms with Gasteiger partial charge in [-0.05, 0) is 28.2 Å². The molecule has 2 aromatic rings. The molecule has 0 aromatic heterocycles. The van der Waals surface area contributed by atoms with E-state index in [1.165, 1.54) is 0 Å². The third-order valence-corrected chi connectivity index (χ3v) is 4.07. The molecule has 4 nitrogen and oxygen atoms in total. The summed E-state index contributed by atoms with van der Waals surface area (Å²) in [6.07, 6.45) is 0. The molecule has 4 heteroatoms. The van der Waals surface area contributed by atoms with Gasteiger partial charge >= 0.3 is 0 Å². The van der Waals surface area contributed by atoms with Crippen molar-refractivity contribution >= 4 is 11.6 Å². The molecule has 0 aliphatic rings. The smallest absolute Gasteiger partial charge is 0.182 e. The second kappa shape index (κ2) is 7.99. The number of carbonyl (C=O) groups is 2. The van der Waals surface area contributed by atoms with Gasteiger partial charge in [0.2, 0.25) is 0 Å². The minimum absolute atomic E-state index is 0.0522. The number of hydrogen-bond donors (Lipinski definition) is 0. The van der Waals surface area contributed by atoms with Gasteiger partial charge in [-0.1, -0.05) is 60.7 Å². The van der Waals surface area contributed by atoms with Crippen molar-refractivity contribution in [3.8, 4) is 0 Å². The number of likely N-dealkylation sites (N-methyl/N-ethyl adjacent to an activating group) is 2. The lowest BCUT2D eigenvalue weighted by molar-refractivity contribution is 0.0639. The fraction of sp³-hybridized carbons (Fsp3) is 0.300. The predicted molar refractivity (Wildman–Crippen MR) is 96.5 cm³/mol. The zero-order valence-electron chi connectivity index (χ0n) is 14.6. The van der Waals surface area contributed by atoms with Crippen LogP contribution in [0.2, 0.25) is 0 Å². The SMILES string of the molecule is CN(C)[C@H](C(=O)c1ccccc1)[C@H](C(=O)c1ccccc1)N(C)C. The highest BCUT2D eigenvalue weighted by Gasteiger charge is 2.37. The Labute approximate surface area is 143 Å². The molecular formula is C20H24N2O2. The van der Waals surface area contributed by atoms with Crippen LogP contribution in [0.15, 0.2) is 60.7 Å². The van der Waals surface area contributed by atoms with E-state index >= 15 is 0 Å². The molecule has 2 aromatic carbocycles. The highest BCUT2D eigenvalue weighted by atomic mass is 16.1. The van der Waals surface area contributed by atoms with Crippen LogP contribution < -0.4 is 0 Å². The molecule has 0 fully saturated rings. The normalized spacial score (nSPS) is 13.8. The summed E-state index contributed by atoms with van der Waals surface area (Å²) in [5, 5.41) is 0. The van der Waals surface area contributed by atoms with Gasteiger partial charge in [0.25, 0.3) is 0 Å². The Morgan fingerprint density at radius 2 is 0.917 bits per heavy atom. The fourth-order valence-electron chi connectivity index (χ4n) is 2.87. The molecule has 2 rings (SSSR count). The summed E-state index contributed by atoms with van der Waals surface area (Å²) in [5.41, 5.74) is 1.23. The molecule has 0 N–H and O–H groups in total. The lowest BCUT2D eigenvalue weighted by Crippen LogP contribution is -2.55. The number of hydrogen-bond acceptors (Lipinski definition) is 4. The van der Waals surface area contributed by atoms with Crippen LogP contribution in [0.4, 0.5) is 0 Å². The molecule has 2 atom stereocenters. The van der Waals surface area contributed by atoms with E-state index in [-0.39, 0.29) is 11.6 Å². The number of nitrogens with zero attached hydrogens (tertiary/aromatic N) is 2. The molecule has 0 aliphatic carbocycles. The minimum atomic E-state index is -0.560. The van der Waals surface area contributed by atoms with Gasteiger partial charge in [0.1, 0.15) is 0 Å². The topological polar surface area (TPSA) is 40.6 Å². The third-order valence-electron chi connectivity index (χ3n) is 4.07. The van der Waals surface area contributed by atoms with Gasteiger partial charge in [-0.3, -0.25) is 19.4 Å². The Hall–Kier alpha value is -2.30. The highest BCUT2D eigenvalue weighted by Crippen LogP contribution is 2.18. The van der Waals surface area contributed by atoms with Crippen LogP contribution in [-0.4, -0.2) is 61.6 Å². The van der Waals surface area contributed by atoms with Gasteiger partial charge < -0.3 is 0 Å². The van der Waals surface area contributed by atoms with Crippen LogP contribution in [0.5, 0.6) is 0 Å². The lowest BCUT2D eigenvalue weighted by atomic mass is 9.90. The summed E-state index contributed by atoms with van der Waals surface area (Å²) in [7, 11) is 7.33. The van der Waals surface area contributed by atoms with E-state index in [4.69, 9.17) is 0 Å². The van der Waals surface area contributed by atoms with E-state index in [1.807, 2.05) is 74.4 Å². The summed E-state index contributed by atoms with van der Waals surface area (Å²) < 4.78 is 0. The summed E-state index contributed by atoms with van der Waals surface area (Å²) in [6, 6.07) is 17.1. The lowest BCUT2D eigenvalue weighted by Gasteiger charge is -2.34. The summed E-state index contributed by atoms with van der Waals surface area (Å²) in [4.78, 5) is 29.7. The van der Waals surface area contributed by atoms with Crippen molar-refractivity contribution < 1.29 is 9.59 Å². The van der Waals surface area contributed by atoms with Gasteiger partial charge in [-0.25, -0.2) is 0 Å². The van der Waals surface area contributed by atoms with E-state index in [1.54, 1.807) is 24.3 Å². The molecule has 0 bridgehead atoms. The second-order valence-electron chi connectivity index (χ2n) is 6.28. The van der Waals surface area contributed by atoms with Crippen LogP contribution in [-0.2, 0) is 0 Å². The van der Waals surface area contributed by atoms with Crippen molar-refractivity contribution in [3.05, 3.63) is 71.8 Å². The molecule has 0 amide bonds. The molecule has 0 aliphatic heterocycles. The first-order valence-corrected chi connectivity index (χ1v) is 7.95. The van der Waals surface area contributed by atoms with Gasteiger partial charge in [0.15, 0.2) is 11.6 Å². The zero-order valence-corrected chi connectivity index (χ0v) is 14.6. The van der Waals surface area contributed by atoms with Crippen molar-refractivity contribution in [3.63, 3.8) is 0 Å². The van der Waals surface area contributed by atoms with Crippen LogP contribution in [0.3, 0.4) is 0 Å². The monoisotopic (exact) mass is 324 g/mol. The maximum absolute atomic E-state index is 13.0. The van der Waals surface area contributed by atoms with E-state index in [2.05, 4.69) is 0 Å². The largest absolute Gasteiger partial charge is 0.298 e. The molecule has 0 radical (unpaired) electrons. The highest BCUT2D eigenvalue weighted by molar-refractivity contribution is 6.08. The first-order chi connectivity index (χ1) is 11.4. The number of benzene rings is 2. The zero-order chi connectivity index (χ0) is 17.7. The maximum atomic E-state index is 13.0. The Kier molecular flexibility index (Phi) is 6.01. The quantitative estimate of drug-likeness (QED) is 0.734. The molecule has 0 heterocycles. The molecule has 0 unspecified atom stereocenters. The molecule has 126 valence electrons. The summed E-state index contributed by atoms with van der Waals surface area (Å²) in [6.45, 7) is 0. The van der Waals surface area contributed by atoms with Crippen LogP contribution >= 0.6 is 0 Å². The number of carbonyl (C=O) groups excluding carboxylic acids is 2. The first kappa shape index (κ1) is 18.0. The summed E-state index contributed by atoms with van der Waals surface area (Å²) >= 11 is 0. The Balaban J connectivity index is 2.42. The Bertz CT molecular complexity index is 620. The predicted octanol–water partition coefficient (Wildman–Crippen LogP) is 2.61. The molecule has 24 heavy (non-hydrogen) atoms. The van der Waals surface area contributed by atoms with Crippen molar-refractivity contribution in [1.29, 1.82) is 0 Å². The molecule has 0 saturated heterocycles. The fourth-order valence-corrected chi connectivity index (χ4v) is 2.87. The van der Waals surface area contributed by atoms with Crippen molar-refractivity contribution in [1.82, 2.24) is 9.80 Å². The van der Waals surface area contributed by atoms with Crippen LogP contribution in [0, 0.1) is 0 Å². The Morgan fingerprint density at radius 3 is 1.17 bits per heavy atom. The first-order valence-electron chi connectivity index (χ1n) is 7.95.